The lowest BCUT2D eigenvalue weighted by Gasteiger charge is -2.24. The molecule has 0 fully saturated rings. The first-order valence-corrected chi connectivity index (χ1v) is 10.6. The number of aromatic amines is 1. The molecular weight excluding hydrogens is 421 g/mol. The van der Waals surface area contributed by atoms with Crippen LogP contribution in [0.3, 0.4) is 0 Å². The van der Waals surface area contributed by atoms with Gasteiger partial charge in [0, 0.05) is 17.9 Å². The number of nitrogens with one attached hydrogen (secondary N) is 2. The number of carbonyl (C=O) groups is 1. The second-order valence-corrected chi connectivity index (χ2v) is 7.86. The summed E-state index contributed by atoms with van der Waals surface area (Å²) in [5.74, 6) is 1.11. The number of aromatic nitrogens is 2. The molecule has 33 heavy (non-hydrogen) atoms. The maximum atomic E-state index is 13.1. The Balaban J connectivity index is 1.47. The summed E-state index contributed by atoms with van der Waals surface area (Å²) < 4.78 is 24.6. The van der Waals surface area contributed by atoms with E-state index in [0.717, 1.165) is 27.9 Å². The van der Waals surface area contributed by atoms with Crippen LogP contribution in [-0.2, 0) is 11.4 Å². The highest BCUT2D eigenvalue weighted by molar-refractivity contribution is 5.96. The van der Waals surface area contributed by atoms with E-state index in [1.165, 1.54) is 12.1 Å². The van der Waals surface area contributed by atoms with Crippen molar-refractivity contribution in [3.63, 3.8) is 0 Å². The van der Waals surface area contributed by atoms with Crippen molar-refractivity contribution in [3.05, 3.63) is 95.3 Å². The van der Waals surface area contributed by atoms with Gasteiger partial charge in [0.1, 0.15) is 12.4 Å². The number of rotatable bonds is 6. The molecule has 0 radical (unpaired) electrons. The number of carbonyl (C=O) groups excluding carboxylic acids is 1. The van der Waals surface area contributed by atoms with Crippen molar-refractivity contribution in [3.8, 4) is 22.8 Å². The highest BCUT2D eigenvalue weighted by atomic mass is 19.1. The van der Waals surface area contributed by atoms with E-state index in [-0.39, 0.29) is 24.2 Å². The van der Waals surface area contributed by atoms with Gasteiger partial charge in [-0.3, -0.25) is 9.89 Å². The zero-order valence-electron chi connectivity index (χ0n) is 18.0. The van der Waals surface area contributed by atoms with Gasteiger partial charge in [0.15, 0.2) is 17.3 Å². The average Bonchev–Trinajstić information content (AvgIpc) is 3.27. The van der Waals surface area contributed by atoms with E-state index >= 15 is 0 Å². The van der Waals surface area contributed by atoms with E-state index in [1.54, 1.807) is 19.2 Å². The Hall–Kier alpha value is -4.13. The van der Waals surface area contributed by atoms with Crippen molar-refractivity contribution in [2.24, 2.45) is 0 Å². The Morgan fingerprint density at radius 3 is 2.58 bits per heavy atom. The van der Waals surface area contributed by atoms with E-state index in [2.05, 4.69) is 15.5 Å². The van der Waals surface area contributed by atoms with Crippen LogP contribution in [0.25, 0.3) is 11.3 Å². The van der Waals surface area contributed by atoms with Crippen LogP contribution in [0.2, 0.25) is 0 Å². The van der Waals surface area contributed by atoms with E-state index in [1.807, 2.05) is 48.5 Å². The van der Waals surface area contributed by atoms with Crippen molar-refractivity contribution < 1.29 is 18.7 Å². The van der Waals surface area contributed by atoms with Crippen molar-refractivity contribution in [1.29, 1.82) is 0 Å². The van der Waals surface area contributed by atoms with Crippen LogP contribution in [0.5, 0.6) is 11.5 Å². The minimum absolute atomic E-state index is 0.0887. The first kappa shape index (κ1) is 20.8. The third-order valence-electron chi connectivity index (χ3n) is 5.76. The van der Waals surface area contributed by atoms with Gasteiger partial charge in [0.25, 0.3) is 0 Å². The van der Waals surface area contributed by atoms with Gasteiger partial charge in [0.2, 0.25) is 5.91 Å². The molecule has 2 heterocycles. The quantitative estimate of drug-likeness (QED) is 0.425. The molecule has 5 rings (SSSR count). The van der Waals surface area contributed by atoms with E-state index < -0.39 is 0 Å². The molecule has 1 aliphatic rings. The maximum Gasteiger partial charge on any atom is 0.226 e. The number of nitrogens with zero attached hydrogens (tertiary/aromatic N) is 1. The summed E-state index contributed by atoms with van der Waals surface area (Å²) in [5.41, 5.74) is 4.60. The Labute approximate surface area is 190 Å². The number of methoxy groups -OCH3 is 1. The van der Waals surface area contributed by atoms with Gasteiger partial charge in [-0.15, -0.1) is 0 Å². The van der Waals surface area contributed by atoms with E-state index in [0.29, 0.717) is 23.7 Å². The Kier molecular flexibility index (Phi) is 5.52. The number of halogens is 1. The number of hydrogen-bond acceptors (Lipinski definition) is 4. The number of ether oxygens (including phenoxy) is 2. The number of amides is 1. The molecule has 0 saturated carbocycles. The number of anilines is 1. The molecule has 1 unspecified atom stereocenters. The van der Waals surface area contributed by atoms with Gasteiger partial charge >= 0.3 is 0 Å². The highest BCUT2D eigenvalue weighted by Gasteiger charge is 2.32. The van der Waals surface area contributed by atoms with Crippen molar-refractivity contribution in [2.45, 2.75) is 18.9 Å². The smallest absolute Gasteiger partial charge is 0.226 e. The first-order chi connectivity index (χ1) is 16.1. The summed E-state index contributed by atoms with van der Waals surface area (Å²) in [6.45, 7) is 0.284. The topological polar surface area (TPSA) is 76.2 Å². The molecule has 6 nitrogen and oxygen atoms in total. The Bertz CT molecular complexity index is 1290. The van der Waals surface area contributed by atoms with Gasteiger partial charge in [-0.05, 0) is 41.0 Å². The number of hydrogen-bond donors (Lipinski definition) is 2. The molecule has 1 aliphatic heterocycles. The van der Waals surface area contributed by atoms with Crippen LogP contribution in [0.15, 0.2) is 72.8 Å². The highest BCUT2D eigenvalue weighted by Crippen LogP contribution is 2.43. The molecule has 0 bridgehead atoms. The third-order valence-corrected chi connectivity index (χ3v) is 5.76. The average molecular weight is 443 g/mol. The Morgan fingerprint density at radius 1 is 1.03 bits per heavy atom. The van der Waals surface area contributed by atoms with Gasteiger partial charge in [-0.2, -0.15) is 5.10 Å². The molecule has 0 spiro atoms. The monoisotopic (exact) mass is 443 g/mol. The fourth-order valence-corrected chi connectivity index (χ4v) is 4.13. The molecule has 3 aromatic carbocycles. The molecule has 7 heteroatoms. The molecule has 0 aliphatic carbocycles. The molecule has 166 valence electrons. The van der Waals surface area contributed by atoms with Crippen molar-refractivity contribution >= 4 is 11.7 Å². The van der Waals surface area contributed by atoms with Crippen LogP contribution < -0.4 is 14.8 Å². The molecule has 0 saturated heterocycles. The number of benzene rings is 3. The first-order valence-electron chi connectivity index (χ1n) is 10.6. The summed E-state index contributed by atoms with van der Waals surface area (Å²) in [7, 11) is 1.58. The zero-order chi connectivity index (χ0) is 22.8. The minimum Gasteiger partial charge on any atom is -0.493 e. The summed E-state index contributed by atoms with van der Waals surface area (Å²) in [6, 6.07) is 21.8. The van der Waals surface area contributed by atoms with Crippen molar-refractivity contribution in [2.75, 3.05) is 12.4 Å². The normalized spacial score (nSPS) is 15.0. The maximum absolute atomic E-state index is 13.1. The van der Waals surface area contributed by atoms with Crippen LogP contribution in [0.4, 0.5) is 10.2 Å². The Morgan fingerprint density at radius 2 is 1.82 bits per heavy atom. The summed E-state index contributed by atoms with van der Waals surface area (Å²) in [5, 5.41) is 10.3. The number of H-pyrrole nitrogens is 1. The SMILES string of the molecule is COc1cc(C2CC(=O)Nc3n[nH]c(-c4ccccc4)c32)ccc1OCc1ccc(F)cc1. The van der Waals surface area contributed by atoms with E-state index in [4.69, 9.17) is 9.47 Å². The van der Waals surface area contributed by atoms with Crippen LogP contribution in [-0.4, -0.2) is 23.2 Å². The second-order valence-electron chi connectivity index (χ2n) is 7.86. The lowest BCUT2D eigenvalue weighted by Crippen LogP contribution is -2.23. The van der Waals surface area contributed by atoms with Gasteiger partial charge in [-0.25, -0.2) is 4.39 Å². The predicted molar refractivity (Wildman–Crippen MR) is 123 cm³/mol. The summed E-state index contributed by atoms with van der Waals surface area (Å²) in [6.07, 6.45) is 0.297. The lowest BCUT2D eigenvalue weighted by molar-refractivity contribution is -0.116. The zero-order valence-corrected chi connectivity index (χ0v) is 18.0. The minimum atomic E-state index is -0.286. The standard InChI is InChI=1S/C26H22FN3O3/c1-32-22-13-18(9-12-21(22)33-15-16-7-10-19(27)11-8-16)20-14-23(31)28-26-24(20)25(29-30-26)17-5-3-2-4-6-17/h2-13,20H,14-15H2,1H3,(H2,28,29,30,31). The fraction of sp³-hybridized carbons (Fsp3) is 0.154. The number of fused-ring (bicyclic) bond motifs is 1. The molecular formula is C26H22FN3O3. The second kappa shape index (κ2) is 8.78. The molecule has 2 N–H and O–H groups in total. The van der Waals surface area contributed by atoms with Gasteiger partial charge < -0.3 is 14.8 Å². The third kappa shape index (κ3) is 4.17. The molecule has 1 aromatic heterocycles. The van der Waals surface area contributed by atoms with Crippen LogP contribution >= 0.6 is 0 Å². The summed E-state index contributed by atoms with van der Waals surface area (Å²) in [4.78, 5) is 12.4. The molecule has 1 atom stereocenters. The predicted octanol–water partition coefficient (Wildman–Crippen LogP) is 5.28. The van der Waals surface area contributed by atoms with Crippen molar-refractivity contribution in [1.82, 2.24) is 10.2 Å². The molecule has 4 aromatic rings. The van der Waals surface area contributed by atoms with Gasteiger partial charge in [-0.1, -0.05) is 48.5 Å². The molecule has 1 amide bonds. The van der Waals surface area contributed by atoms with E-state index in [9.17, 15) is 9.18 Å². The van der Waals surface area contributed by atoms with Gasteiger partial charge in [0.05, 0.1) is 12.8 Å². The lowest BCUT2D eigenvalue weighted by atomic mass is 9.84. The largest absolute Gasteiger partial charge is 0.493 e. The fourth-order valence-electron chi connectivity index (χ4n) is 4.13. The summed E-state index contributed by atoms with van der Waals surface area (Å²) >= 11 is 0. The van der Waals surface area contributed by atoms with Crippen LogP contribution in [0.1, 0.15) is 29.0 Å². The van der Waals surface area contributed by atoms with Crippen LogP contribution in [0, 0.1) is 5.82 Å².